The first-order valence-electron chi connectivity index (χ1n) is 7.32. The van der Waals surface area contributed by atoms with E-state index in [0.717, 1.165) is 22.6 Å². The fourth-order valence-corrected chi connectivity index (χ4v) is 2.75. The largest absolute Gasteiger partial charge is 0.462 e. The van der Waals surface area contributed by atoms with E-state index in [1.165, 1.54) is 6.08 Å². The van der Waals surface area contributed by atoms with Crippen LogP contribution in [0.1, 0.15) is 23.9 Å². The standard InChI is InChI=1S/C18H16Cl2N2O2/c1-4-24-18(23)14(10-21)8-13-7-11(2)22(12(13)3)15-5-6-16(19)17(20)9-15/h5-9H,4H2,1-3H3/b14-8+. The van der Waals surface area contributed by atoms with Gasteiger partial charge in [-0.05, 0) is 56.7 Å². The molecule has 24 heavy (non-hydrogen) atoms. The molecule has 0 saturated heterocycles. The second kappa shape index (κ2) is 7.57. The molecule has 0 amide bonds. The summed E-state index contributed by atoms with van der Waals surface area (Å²) in [5.74, 6) is -0.626. The van der Waals surface area contributed by atoms with Crippen LogP contribution in [0.5, 0.6) is 0 Å². The quantitative estimate of drug-likeness (QED) is 0.442. The first-order valence-corrected chi connectivity index (χ1v) is 8.08. The van der Waals surface area contributed by atoms with Crippen LogP contribution in [0.15, 0.2) is 29.8 Å². The molecule has 0 aliphatic rings. The molecule has 0 saturated carbocycles. The highest BCUT2D eigenvalue weighted by atomic mass is 35.5. The number of aryl methyl sites for hydroxylation is 1. The summed E-state index contributed by atoms with van der Waals surface area (Å²) in [5.41, 5.74) is 3.41. The van der Waals surface area contributed by atoms with Crippen LogP contribution in [-0.2, 0) is 9.53 Å². The minimum absolute atomic E-state index is 0.0359. The summed E-state index contributed by atoms with van der Waals surface area (Å²) in [5, 5.41) is 10.1. The summed E-state index contributed by atoms with van der Waals surface area (Å²) in [6.07, 6.45) is 1.54. The van der Waals surface area contributed by atoms with Crippen LogP contribution in [0.3, 0.4) is 0 Å². The van der Waals surface area contributed by atoms with E-state index >= 15 is 0 Å². The lowest BCUT2D eigenvalue weighted by atomic mass is 10.1. The van der Waals surface area contributed by atoms with Gasteiger partial charge in [0.25, 0.3) is 0 Å². The van der Waals surface area contributed by atoms with Gasteiger partial charge in [-0.3, -0.25) is 0 Å². The van der Waals surface area contributed by atoms with Crippen LogP contribution in [0.4, 0.5) is 0 Å². The van der Waals surface area contributed by atoms with Crippen molar-refractivity contribution < 1.29 is 9.53 Å². The number of carbonyl (C=O) groups excluding carboxylic acids is 1. The van der Waals surface area contributed by atoms with E-state index in [0.29, 0.717) is 10.0 Å². The Morgan fingerprint density at radius 2 is 2.00 bits per heavy atom. The highest BCUT2D eigenvalue weighted by Gasteiger charge is 2.14. The third-order valence-corrected chi connectivity index (χ3v) is 4.29. The molecule has 1 aromatic carbocycles. The summed E-state index contributed by atoms with van der Waals surface area (Å²) in [7, 11) is 0. The fourth-order valence-electron chi connectivity index (χ4n) is 2.46. The number of halogens is 2. The average molecular weight is 363 g/mol. The minimum Gasteiger partial charge on any atom is -0.462 e. The van der Waals surface area contributed by atoms with Crippen molar-refractivity contribution in [3.8, 4) is 11.8 Å². The zero-order valence-electron chi connectivity index (χ0n) is 13.6. The smallest absolute Gasteiger partial charge is 0.348 e. The van der Waals surface area contributed by atoms with Crippen molar-refractivity contribution in [3.05, 3.63) is 56.8 Å². The summed E-state index contributed by atoms with van der Waals surface area (Å²) >= 11 is 12.1. The van der Waals surface area contributed by atoms with Crippen molar-refractivity contribution in [1.82, 2.24) is 4.57 Å². The number of esters is 1. The number of nitriles is 1. The van der Waals surface area contributed by atoms with E-state index in [1.807, 2.05) is 36.6 Å². The van der Waals surface area contributed by atoms with E-state index < -0.39 is 5.97 Å². The van der Waals surface area contributed by atoms with Crippen LogP contribution in [0, 0.1) is 25.2 Å². The van der Waals surface area contributed by atoms with Crippen molar-refractivity contribution >= 4 is 35.2 Å². The second-order valence-electron chi connectivity index (χ2n) is 5.15. The predicted octanol–water partition coefficient (Wildman–Crippen LogP) is 4.87. The molecule has 0 bridgehead atoms. The molecule has 0 aliphatic carbocycles. The Hall–Kier alpha value is -2.22. The van der Waals surface area contributed by atoms with Crippen LogP contribution in [-0.4, -0.2) is 17.1 Å². The normalized spacial score (nSPS) is 11.2. The topological polar surface area (TPSA) is 55.0 Å². The number of aromatic nitrogens is 1. The predicted molar refractivity (Wildman–Crippen MR) is 95.5 cm³/mol. The molecular formula is C18H16Cl2N2O2. The average Bonchev–Trinajstić information content (AvgIpc) is 2.82. The lowest BCUT2D eigenvalue weighted by molar-refractivity contribution is -0.137. The van der Waals surface area contributed by atoms with Gasteiger partial charge in [-0.15, -0.1) is 0 Å². The Labute approximate surface area is 150 Å². The van der Waals surface area contributed by atoms with Crippen LogP contribution >= 0.6 is 23.2 Å². The third kappa shape index (κ3) is 3.64. The molecule has 0 spiro atoms. The molecule has 0 atom stereocenters. The molecule has 0 fully saturated rings. The van der Waals surface area contributed by atoms with Crippen molar-refractivity contribution in [2.75, 3.05) is 6.61 Å². The number of rotatable bonds is 4. The molecule has 0 aliphatic heterocycles. The molecule has 2 rings (SSSR count). The van der Waals surface area contributed by atoms with Crippen LogP contribution in [0.25, 0.3) is 11.8 Å². The maximum absolute atomic E-state index is 11.8. The van der Waals surface area contributed by atoms with Crippen LogP contribution in [0.2, 0.25) is 10.0 Å². The third-order valence-electron chi connectivity index (χ3n) is 3.55. The van der Waals surface area contributed by atoms with Gasteiger partial charge in [0.15, 0.2) is 0 Å². The van der Waals surface area contributed by atoms with E-state index in [-0.39, 0.29) is 12.2 Å². The number of ether oxygens (including phenoxy) is 1. The first-order chi connectivity index (χ1) is 11.4. The van der Waals surface area contributed by atoms with Crippen LogP contribution < -0.4 is 0 Å². The zero-order valence-corrected chi connectivity index (χ0v) is 15.1. The molecule has 2 aromatic rings. The molecule has 1 aromatic heterocycles. The molecule has 124 valence electrons. The number of nitrogens with zero attached hydrogens (tertiary/aromatic N) is 2. The van der Waals surface area contributed by atoms with E-state index in [9.17, 15) is 10.1 Å². The number of hydrogen-bond acceptors (Lipinski definition) is 3. The van der Waals surface area contributed by atoms with E-state index in [4.69, 9.17) is 27.9 Å². The monoisotopic (exact) mass is 362 g/mol. The Kier molecular flexibility index (Phi) is 5.71. The Morgan fingerprint density at radius 1 is 1.29 bits per heavy atom. The van der Waals surface area contributed by atoms with Gasteiger partial charge in [-0.1, -0.05) is 23.2 Å². The highest BCUT2D eigenvalue weighted by Crippen LogP contribution is 2.28. The van der Waals surface area contributed by atoms with Gasteiger partial charge in [-0.2, -0.15) is 5.26 Å². The van der Waals surface area contributed by atoms with Crippen molar-refractivity contribution in [2.45, 2.75) is 20.8 Å². The summed E-state index contributed by atoms with van der Waals surface area (Å²) < 4.78 is 6.87. The van der Waals surface area contributed by atoms with Gasteiger partial charge in [0.2, 0.25) is 0 Å². The maximum Gasteiger partial charge on any atom is 0.348 e. The molecule has 6 heteroatoms. The SMILES string of the molecule is CCOC(=O)/C(C#N)=C/c1cc(C)n(-c2ccc(Cl)c(Cl)c2)c1C. The number of carbonyl (C=O) groups is 1. The summed E-state index contributed by atoms with van der Waals surface area (Å²) in [6, 6.07) is 9.14. The van der Waals surface area contributed by atoms with E-state index in [1.54, 1.807) is 19.1 Å². The van der Waals surface area contributed by atoms with Gasteiger partial charge in [0.05, 0.1) is 16.7 Å². The van der Waals surface area contributed by atoms with Crippen molar-refractivity contribution in [1.29, 1.82) is 5.26 Å². The van der Waals surface area contributed by atoms with E-state index in [2.05, 4.69) is 0 Å². The first kappa shape index (κ1) is 18.1. The molecule has 0 N–H and O–H groups in total. The number of hydrogen-bond donors (Lipinski definition) is 0. The fraction of sp³-hybridized carbons (Fsp3) is 0.222. The van der Waals surface area contributed by atoms with Gasteiger partial charge in [-0.25, -0.2) is 4.79 Å². The Morgan fingerprint density at radius 3 is 2.58 bits per heavy atom. The molecular weight excluding hydrogens is 347 g/mol. The molecule has 0 unspecified atom stereocenters. The number of benzene rings is 1. The van der Waals surface area contributed by atoms with Gasteiger partial charge >= 0.3 is 5.97 Å². The lowest BCUT2D eigenvalue weighted by Gasteiger charge is -2.10. The second-order valence-corrected chi connectivity index (χ2v) is 5.96. The van der Waals surface area contributed by atoms with Gasteiger partial charge in [0, 0.05) is 17.1 Å². The molecule has 0 radical (unpaired) electrons. The van der Waals surface area contributed by atoms with Gasteiger partial charge < -0.3 is 9.30 Å². The Balaban J connectivity index is 2.51. The summed E-state index contributed by atoms with van der Waals surface area (Å²) in [4.78, 5) is 11.8. The maximum atomic E-state index is 11.8. The van der Waals surface area contributed by atoms with Crippen molar-refractivity contribution in [2.24, 2.45) is 0 Å². The highest BCUT2D eigenvalue weighted by molar-refractivity contribution is 6.42. The summed E-state index contributed by atoms with van der Waals surface area (Å²) in [6.45, 7) is 5.76. The zero-order chi connectivity index (χ0) is 17.9. The Bertz CT molecular complexity index is 861. The lowest BCUT2D eigenvalue weighted by Crippen LogP contribution is -2.06. The molecule has 4 nitrogen and oxygen atoms in total. The van der Waals surface area contributed by atoms with Crippen molar-refractivity contribution in [3.63, 3.8) is 0 Å². The minimum atomic E-state index is -0.626. The van der Waals surface area contributed by atoms with Gasteiger partial charge in [0.1, 0.15) is 11.6 Å². The molecule has 1 heterocycles.